The van der Waals surface area contributed by atoms with Crippen LogP contribution in [0.2, 0.25) is 5.02 Å². The minimum atomic E-state index is -0.344. The Morgan fingerprint density at radius 1 is 1.29 bits per heavy atom. The van der Waals surface area contributed by atoms with Crippen LogP contribution in [0, 0.1) is 13.8 Å². The van der Waals surface area contributed by atoms with Gasteiger partial charge in [0, 0.05) is 17.8 Å². The van der Waals surface area contributed by atoms with Crippen molar-refractivity contribution in [1.82, 2.24) is 14.3 Å². The maximum atomic E-state index is 13.5. The number of thioether (sulfide) groups is 1. The zero-order valence-corrected chi connectivity index (χ0v) is 21.5. The zero-order valence-electron chi connectivity index (χ0n) is 19.1. The molecule has 2 aliphatic rings. The smallest absolute Gasteiger partial charge is 0.269 e. The third-order valence-corrected chi connectivity index (χ3v) is 7.75. The number of hydrogen-bond donors (Lipinski definition) is 0. The van der Waals surface area contributed by atoms with Crippen molar-refractivity contribution >= 4 is 57.5 Å². The maximum Gasteiger partial charge on any atom is 0.269 e. The maximum absolute atomic E-state index is 13.5. The van der Waals surface area contributed by atoms with E-state index < -0.39 is 0 Å². The first-order chi connectivity index (χ1) is 16.8. The first-order valence-corrected chi connectivity index (χ1v) is 12.7. The summed E-state index contributed by atoms with van der Waals surface area (Å²) in [6, 6.07) is 8.85. The highest BCUT2D eigenvalue weighted by atomic mass is 35.5. The Balaban J connectivity index is 1.58. The molecule has 0 N–H and O–H groups in total. The van der Waals surface area contributed by atoms with Crippen LogP contribution >= 0.6 is 35.6 Å². The number of aryl methyl sites for hydroxylation is 2. The van der Waals surface area contributed by atoms with Crippen molar-refractivity contribution < 1.29 is 14.3 Å². The summed E-state index contributed by atoms with van der Waals surface area (Å²) in [5.41, 5.74) is 1.94. The van der Waals surface area contributed by atoms with Gasteiger partial charge in [0.05, 0.1) is 17.6 Å². The Bertz CT molecular complexity index is 1450. The highest BCUT2D eigenvalue weighted by Gasteiger charge is 2.35. The topological polar surface area (TPSA) is 73.1 Å². The number of carbonyl (C=O) groups is 1. The van der Waals surface area contributed by atoms with Gasteiger partial charge in [-0.1, -0.05) is 41.6 Å². The standard InChI is InChI=1S/C25H22ClN3O4S2/c1-14-5-3-9-28-21(14)27-22(33-16-7-8-19(26)15(2)11-16)18(23(28)30)12-20-24(31)29(25(34)35-20)13-17-6-4-10-32-17/h3,5,7-9,11-12,17H,4,6,10,13H2,1-2H3/b20-12+. The Morgan fingerprint density at radius 3 is 2.86 bits per heavy atom. The van der Waals surface area contributed by atoms with Gasteiger partial charge in [-0.15, -0.1) is 0 Å². The van der Waals surface area contributed by atoms with E-state index in [4.69, 9.17) is 33.3 Å². The first kappa shape index (κ1) is 24.0. The number of carbonyl (C=O) groups excluding carboxylic acids is 1. The molecule has 1 aromatic carbocycles. The highest BCUT2D eigenvalue weighted by Crippen LogP contribution is 2.35. The van der Waals surface area contributed by atoms with E-state index in [1.54, 1.807) is 35.4 Å². The fourth-order valence-electron chi connectivity index (χ4n) is 4.07. The number of nitrogens with zero attached hydrogens (tertiary/aromatic N) is 3. The molecule has 1 unspecified atom stereocenters. The molecule has 0 radical (unpaired) electrons. The number of pyridine rings is 1. The van der Waals surface area contributed by atoms with Crippen molar-refractivity contribution in [3.05, 3.63) is 73.5 Å². The molecule has 10 heteroatoms. The van der Waals surface area contributed by atoms with Crippen LogP contribution in [0.3, 0.4) is 0 Å². The van der Waals surface area contributed by atoms with Crippen molar-refractivity contribution in [2.24, 2.45) is 0 Å². The summed E-state index contributed by atoms with van der Waals surface area (Å²) in [7, 11) is 0. The lowest BCUT2D eigenvalue weighted by atomic mass is 10.2. The Morgan fingerprint density at radius 2 is 2.11 bits per heavy atom. The second-order valence-electron chi connectivity index (χ2n) is 8.46. The third kappa shape index (κ3) is 4.73. The molecule has 0 spiro atoms. The Hall–Kier alpha value is -2.72. The van der Waals surface area contributed by atoms with E-state index in [0.717, 1.165) is 35.7 Å². The molecule has 4 heterocycles. The molecule has 1 amide bonds. The summed E-state index contributed by atoms with van der Waals surface area (Å²) in [5.74, 6) is 0.338. The van der Waals surface area contributed by atoms with Gasteiger partial charge in [0.25, 0.3) is 11.5 Å². The number of thiocarbonyl (C=S) groups is 1. The predicted octanol–water partition coefficient (Wildman–Crippen LogP) is 5.14. The van der Waals surface area contributed by atoms with Gasteiger partial charge in [-0.25, -0.2) is 0 Å². The lowest BCUT2D eigenvalue weighted by Crippen LogP contribution is -2.35. The monoisotopic (exact) mass is 527 g/mol. The molecule has 0 saturated carbocycles. The van der Waals surface area contributed by atoms with E-state index in [1.165, 1.54) is 10.5 Å². The van der Waals surface area contributed by atoms with Gasteiger partial charge >= 0.3 is 0 Å². The van der Waals surface area contributed by atoms with E-state index in [9.17, 15) is 9.59 Å². The largest absolute Gasteiger partial charge is 0.438 e. The number of ether oxygens (including phenoxy) is 2. The van der Waals surface area contributed by atoms with Gasteiger partial charge in [-0.3, -0.25) is 18.9 Å². The number of fused-ring (bicyclic) bond motifs is 1. The van der Waals surface area contributed by atoms with Crippen molar-refractivity contribution in [2.75, 3.05) is 13.2 Å². The molecule has 2 saturated heterocycles. The molecule has 2 fully saturated rings. The molecule has 2 aromatic heterocycles. The molecule has 0 bridgehead atoms. The number of amides is 1. The van der Waals surface area contributed by atoms with Gasteiger partial charge in [-0.2, -0.15) is 4.98 Å². The van der Waals surface area contributed by atoms with Crippen LogP contribution in [0.5, 0.6) is 11.6 Å². The molecule has 7 nitrogen and oxygen atoms in total. The molecule has 2 aliphatic heterocycles. The molecular formula is C25H22ClN3O4S2. The number of halogens is 1. The molecule has 5 rings (SSSR count). The molecule has 180 valence electrons. The van der Waals surface area contributed by atoms with Crippen LogP contribution in [0.1, 0.15) is 29.5 Å². The SMILES string of the molecule is Cc1cc(Oc2nc3c(C)cccn3c(=O)c2/C=C2/SC(=S)N(CC3CCCO3)C2=O)ccc1Cl. The summed E-state index contributed by atoms with van der Waals surface area (Å²) in [5, 5.41) is 0.606. The normalized spacial score (nSPS) is 19.3. The Kier molecular flexibility index (Phi) is 6.67. The van der Waals surface area contributed by atoms with Gasteiger partial charge in [-0.05, 0) is 68.2 Å². The summed E-state index contributed by atoms with van der Waals surface area (Å²) in [6.07, 6.45) is 5.01. The van der Waals surface area contributed by atoms with E-state index in [1.807, 2.05) is 19.9 Å². The van der Waals surface area contributed by atoms with Crippen LogP contribution in [-0.4, -0.2) is 43.8 Å². The lowest BCUT2D eigenvalue weighted by Gasteiger charge is -2.18. The van der Waals surface area contributed by atoms with Gasteiger partial charge < -0.3 is 9.47 Å². The number of aromatic nitrogens is 2. The first-order valence-electron chi connectivity index (χ1n) is 11.1. The quantitative estimate of drug-likeness (QED) is 0.336. The average Bonchev–Trinajstić information content (AvgIpc) is 3.43. The van der Waals surface area contributed by atoms with Crippen LogP contribution in [0.25, 0.3) is 11.7 Å². The van der Waals surface area contributed by atoms with Crippen LogP contribution in [0.15, 0.2) is 46.2 Å². The Labute approximate surface area is 216 Å². The molecule has 1 atom stereocenters. The number of hydrogen-bond acceptors (Lipinski definition) is 7. The van der Waals surface area contributed by atoms with Crippen molar-refractivity contribution in [3.63, 3.8) is 0 Å². The van der Waals surface area contributed by atoms with Gasteiger partial charge in [0.1, 0.15) is 21.3 Å². The minimum absolute atomic E-state index is 0.0279. The van der Waals surface area contributed by atoms with Crippen molar-refractivity contribution in [2.45, 2.75) is 32.8 Å². The number of rotatable bonds is 5. The fraction of sp³-hybridized carbons (Fsp3) is 0.280. The van der Waals surface area contributed by atoms with E-state index in [2.05, 4.69) is 4.98 Å². The fourth-order valence-corrected chi connectivity index (χ4v) is 5.44. The minimum Gasteiger partial charge on any atom is -0.438 e. The van der Waals surface area contributed by atoms with Crippen LogP contribution in [0.4, 0.5) is 0 Å². The van der Waals surface area contributed by atoms with E-state index in [0.29, 0.717) is 38.8 Å². The van der Waals surface area contributed by atoms with Crippen LogP contribution in [-0.2, 0) is 9.53 Å². The number of benzene rings is 1. The predicted molar refractivity (Wildman–Crippen MR) is 141 cm³/mol. The molecular weight excluding hydrogens is 506 g/mol. The van der Waals surface area contributed by atoms with E-state index >= 15 is 0 Å². The average molecular weight is 528 g/mol. The van der Waals surface area contributed by atoms with Crippen LogP contribution < -0.4 is 10.3 Å². The summed E-state index contributed by atoms with van der Waals surface area (Å²) >= 11 is 12.8. The van der Waals surface area contributed by atoms with Gasteiger partial charge in [0.15, 0.2) is 0 Å². The summed E-state index contributed by atoms with van der Waals surface area (Å²) < 4.78 is 13.6. The van der Waals surface area contributed by atoms with E-state index in [-0.39, 0.29) is 29.0 Å². The molecule has 35 heavy (non-hydrogen) atoms. The van der Waals surface area contributed by atoms with Gasteiger partial charge in [0.2, 0.25) is 5.88 Å². The highest BCUT2D eigenvalue weighted by molar-refractivity contribution is 8.26. The molecule has 0 aliphatic carbocycles. The summed E-state index contributed by atoms with van der Waals surface area (Å²) in [4.78, 5) is 33.3. The molecule has 3 aromatic rings. The summed E-state index contributed by atoms with van der Waals surface area (Å²) in [6.45, 7) is 4.83. The van der Waals surface area contributed by atoms with Crippen molar-refractivity contribution in [1.29, 1.82) is 0 Å². The lowest BCUT2D eigenvalue weighted by molar-refractivity contribution is -0.123. The third-order valence-electron chi connectivity index (χ3n) is 5.95. The van der Waals surface area contributed by atoms with Crippen molar-refractivity contribution in [3.8, 4) is 11.6 Å². The zero-order chi connectivity index (χ0) is 24.7. The second kappa shape index (κ2) is 9.73. The second-order valence-corrected chi connectivity index (χ2v) is 10.5.